The van der Waals surface area contributed by atoms with E-state index >= 15 is 0 Å². The first-order valence-corrected chi connectivity index (χ1v) is 6.66. The Hall–Kier alpha value is -1.32. The van der Waals surface area contributed by atoms with Crippen molar-refractivity contribution >= 4 is 5.91 Å². The molecule has 0 saturated heterocycles. The zero-order valence-electron chi connectivity index (χ0n) is 9.93. The van der Waals surface area contributed by atoms with E-state index in [1.165, 1.54) is 24.2 Å². The summed E-state index contributed by atoms with van der Waals surface area (Å²) in [5.41, 5.74) is 2.48. The lowest BCUT2D eigenvalue weighted by Gasteiger charge is -2.27. The van der Waals surface area contributed by atoms with Crippen molar-refractivity contribution in [1.82, 2.24) is 14.7 Å². The van der Waals surface area contributed by atoms with Gasteiger partial charge in [0, 0.05) is 18.4 Å². The van der Waals surface area contributed by atoms with Crippen molar-refractivity contribution in [3.05, 3.63) is 17.5 Å². The van der Waals surface area contributed by atoms with Crippen LogP contribution in [0.15, 0.2) is 6.07 Å². The molecular weight excluding hydrogens is 214 g/mol. The van der Waals surface area contributed by atoms with Gasteiger partial charge < -0.3 is 4.90 Å². The molecule has 0 aromatic carbocycles. The average Bonchev–Trinajstić information content (AvgIpc) is 3.22. The lowest BCUT2D eigenvalue weighted by Crippen LogP contribution is -2.39. The van der Waals surface area contributed by atoms with Crippen LogP contribution in [0.2, 0.25) is 0 Å². The fourth-order valence-electron chi connectivity index (χ4n) is 2.64. The van der Waals surface area contributed by atoms with Crippen LogP contribution in [0.1, 0.15) is 43.0 Å². The van der Waals surface area contributed by atoms with Crippen LogP contribution in [0, 0.1) is 5.92 Å². The maximum Gasteiger partial charge on any atom is 0.226 e. The van der Waals surface area contributed by atoms with Crippen LogP contribution in [-0.2, 0) is 17.9 Å². The second kappa shape index (κ2) is 3.34. The summed E-state index contributed by atoms with van der Waals surface area (Å²) in [5.74, 6) is 1.42. The Bertz CT molecular complexity index is 471. The number of fused-ring (bicyclic) bond motifs is 1. The molecule has 1 aliphatic heterocycles. The van der Waals surface area contributed by atoms with E-state index in [0.29, 0.717) is 17.7 Å². The molecule has 2 saturated carbocycles. The number of carbonyl (C=O) groups excluding carboxylic acids is 1. The van der Waals surface area contributed by atoms with E-state index < -0.39 is 0 Å². The van der Waals surface area contributed by atoms with Crippen LogP contribution in [0.25, 0.3) is 0 Å². The Balaban J connectivity index is 1.55. The van der Waals surface area contributed by atoms with Crippen molar-refractivity contribution in [2.24, 2.45) is 5.92 Å². The van der Waals surface area contributed by atoms with Gasteiger partial charge in [-0.05, 0) is 31.7 Å². The zero-order chi connectivity index (χ0) is 11.4. The summed E-state index contributed by atoms with van der Waals surface area (Å²) in [6.07, 6.45) is 4.78. The van der Waals surface area contributed by atoms with Crippen LogP contribution >= 0.6 is 0 Å². The molecule has 1 aromatic heterocycles. The van der Waals surface area contributed by atoms with Gasteiger partial charge in [-0.2, -0.15) is 5.10 Å². The molecule has 2 fully saturated rings. The van der Waals surface area contributed by atoms with E-state index in [0.717, 1.165) is 32.5 Å². The van der Waals surface area contributed by atoms with E-state index in [4.69, 9.17) is 0 Å². The van der Waals surface area contributed by atoms with Crippen molar-refractivity contribution in [2.75, 3.05) is 6.54 Å². The number of amides is 1. The van der Waals surface area contributed by atoms with Crippen LogP contribution in [0.4, 0.5) is 0 Å². The molecule has 0 radical (unpaired) electrons. The standard InChI is InChI=1S/C13H17N3O/c17-13(10-3-4-10)15-5-6-16-11(8-15)7-12(14-16)9-1-2-9/h7,9-10H,1-6,8H2. The highest BCUT2D eigenvalue weighted by Crippen LogP contribution is 2.40. The number of hydrogen-bond acceptors (Lipinski definition) is 2. The summed E-state index contributed by atoms with van der Waals surface area (Å²) in [4.78, 5) is 14.0. The molecule has 1 amide bonds. The smallest absolute Gasteiger partial charge is 0.226 e. The van der Waals surface area contributed by atoms with Gasteiger partial charge in [0.1, 0.15) is 0 Å². The Morgan fingerprint density at radius 1 is 1.24 bits per heavy atom. The minimum atomic E-state index is 0.340. The molecule has 0 unspecified atom stereocenters. The van der Waals surface area contributed by atoms with Crippen molar-refractivity contribution in [2.45, 2.75) is 44.7 Å². The predicted octanol–water partition coefficient (Wildman–Crippen LogP) is 1.51. The highest BCUT2D eigenvalue weighted by Gasteiger charge is 2.35. The van der Waals surface area contributed by atoms with Crippen LogP contribution in [-0.4, -0.2) is 27.1 Å². The molecule has 4 rings (SSSR count). The molecule has 90 valence electrons. The first-order valence-electron chi connectivity index (χ1n) is 6.66. The monoisotopic (exact) mass is 231 g/mol. The third kappa shape index (κ3) is 1.66. The highest BCUT2D eigenvalue weighted by atomic mass is 16.2. The first-order chi connectivity index (χ1) is 8.31. The summed E-state index contributed by atoms with van der Waals surface area (Å²) < 4.78 is 2.10. The van der Waals surface area contributed by atoms with E-state index in [1.54, 1.807) is 0 Å². The lowest BCUT2D eigenvalue weighted by molar-refractivity contribution is -0.134. The molecule has 0 bridgehead atoms. The third-order valence-electron chi connectivity index (χ3n) is 4.05. The molecule has 3 aliphatic rings. The maximum absolute atomic E-state index is 12.0. The largest absolute Gasteiger partial charge is 0.335 e. The van der Waals surface area contributed by atoms with Gasteiger partial charge in [0.05, 0.1) is 24.5 Å². The Morgan fingerprint density at radius 3 is 2.76 bits per heavy atom. The van der Waals surface area contributed by atoms with Crippen LogP contribution in [0.5, 0.6) is 0 Å². The Labute approximate surface area is 101 Å². The molecule has 4 heteroatoms. The number of aromatic nitrogens is 2. The summed E-state index contributed by atoms with van der Waals surface area (Å²) in [5, 5.41) is 4.65. The van der Waals surface area contributed by atoms with E-state index in [9.17, 15) is 4.79 Å². The first kappa shape index (κ1) is 9.68. The molecule has 2 heterocycles. The number of carbonyl (C=O) groups is 1. The summed E-state index contributed by atoms with van der Waals surface area (Å²) in [6, 6.07) is 2.21. The van der Waals surface area contributed by atoms with Crippen molar-refractivity contribution in [3.63, 3.8) is 0 Å². The second-order valence-electron chi connectivity index (χ2n) is 5.59. The molecular formula is C13H17N3O. The van der Waals surface area contributed by atoms with E-state index in [-0.39, 0.29) is 0 Å². The predicted molar refractivity (Wildman–Crippen MR) is 62.3 cm³/mol. The molecule has 4 nitrogen and oxygen atoms in total. The zero-order valence-corrected chi connectivity index (χ0v) is 9.93. The lowest BCUT2D eigenvalue weighted by atomic mass is 10.2. The topological polar surface area (TPSA) is 38.1 Å². The van der Waals surface area contributed by atoms with Gasteiger partial charge in [-0.25, -0.2) is 0 Å². The average molecular weight is 231 g/mol. The van der Waals surface area contributed by atoms with Gasteiger partial charge in [0.2, 0.25) is 5.91 Å². The van der Waals surface area contributed by atoms with Gasteiger partial charge in [-0.1, -0.05) is 0 Å². The fourth-order valence-corrected chi connectivity index (χ4v) is 2.64. The van der Waals surface area contributed by atoms with Gasteiger partial charge in [0.25, 0.3) is 0 Å². The maximum atomic E-state index is 12.0. The number of nitrogens with zero attached hydrogens (tertiary/aromatic N) is 3. The van der Waals surface area contributed by atoms with Crippen LogP contribution in [0.3, 0.4) is 0 Å². The quantitative estimate of drug-likeness (QED) is 0.774. The van der Waals surface area contributed by atoms with Gasteiger partial charge >= 0.3 is 0 Å². The minimum absolute atomic E-state index is 0.340. The Morgan fingerprint density at radius 2 is 2.06 bits per heavy atom. The number of hydrogen-bond donors (Lipinski definition) is 0. The SMILES string of the molecule is O=C(C1CC1)N1CCn2nc(C3CC3)cc2C1. The van der Waals surface area contributed by atoms with Crippen LogP contribution < -0.4 is 0 Å². The summed E-state index contributed by atoms with van der Waals surface area (Å²) in [6.45, 7) is 2.49. The van der Waals surface area contributed by atoms with E-state index in [2.05, 4.69) is 15.8 Å². The van der Waals surface area contributed by atoms with Crippen molar-refractivity contribution in [3.8, 4) is 0 Å². The molecule has 1 aromatic rings. The molecule has 2 aliphatic carbocycles. The minimum Gasteiger partial charge on any atom is -0.335 e. The number of rotatable bonds is 2. The van der Waals surface area contributed by atoms with Gasteiger partial charge in [-0.3, -0.25) is 9.48 Å². The fraction of sp³-hybridized carbons (Fsp3) is 0.692. The Kier molecular flexibility index (Phi) is 1.90. The second-order valence-corrected chi connectivity index (χ2v) is 5.59. The third-order valence-corrected chi connectivity index (χ3v) is 4.05. The van der Waals surface area contributed by atoms with E-state index in [1.807, 2.05) is 4.90 Å². The molecule has 0 atom stereocenters. The molecule has 0 spiro atoms. The highest BCUT2D eigenvalue weighted by molar-refractivity contribution is 5.81. The van der Waals surface area contributed by atoms with Gasteiger partial charge in [-0.15, -0.1) is 0 Å². The summed E-state index contributed by atoms with van der Waals surface area (Å²) >= 11 is 0. The van der Waals surface area contributed by atoms with Crippen molar-refractivity contribution in [1.29, 1.82) is 0 Å². The molecule has 0 N–H and O–H groups in total. The normalized spacial score (nSPS) is 23.6. The van der Waals surface area contributed by atoms with Gasteiger partial charge in [0.15, 0.2) is 0 Å². The summed E-state index contributed by atoms with van der Waals surface area (Å²) in [7, 11) is 0. The molecule has 17 heavy (non-hydrogen) atoms. The van der Waals surface area contributed by atoms with Crippen molar-refractivity contribution < 1.29 is 4.79 Å².